The molecule has 1 aliphatic rings. The number of hydrogen-bond acceptors (Lipinski definition) is 5. The Kier molecular flexibility index (Phi) is 4.10. The molecule has 0 spiro atoms. The lowest BCUT2D eigenvalue weighted by atomic mass is 9.99. The maximum atomic E-state index is 12.0. The van der Waals surface area contributed by atoms with Gasteiger partial charge in [0.1, 0.15) is 6.54 Å². The number of hydrogen-bond donors (Lipinski definition) is 2. The van der Waals surface area contributed by atoms with E-state index in [-0.39, 0.29) is 30.7 Å². The summed E-state index contributed by atoms with van der Waals surface area (Å²) in [5.74, 6) is -1.18. The topological polar surface area (TPSA) is 109 Å². The van der Waals surface area contributed by atoms with E-state index >= 15 is 0 Å². The van der Waals surface area contributed by atoms with Crippen LogP contribution >= 0.6 is 0 Å². The van der Waals surface area contributed by atoms with Crippen molar-refractivity contribution in [2.45, 2.75) is 19.4 Å². The fourth-order valence-electron chi connectivity index (χ4n) is 2.15. The Morgan fingerprint density at radius 2 is 2.26 bits per heavy atom. The summed E-state index contributed by atoms with van der Waals surface area (Å²) in [6.45, 7) is 1.25. The van der Waals surface area contributed by atoms with E-state index in [9.17, 15) is 9.59 Å². The van der Waals surface area contributed by atoms with Crippen molar-refractivity contribution in [1.82, 2.24) is 19.9 Å². The smallest absolute Gasteiger partial charge is 0.358 e. The standard InChI is InChI=1S/C11H16N4O4/c16-7-8-2-1-3-14(4-8)10(17)6-15-5-9(11(18)19)12-13-15/h5,8,16H,1-4,6-7H2,(H,18,19). The summed E-state index contributed by atoms with van der Waals surface area (Å²) in [5.41, 5.74) is -0.181. The van der Waals surface area contributed by atoms with E-state index in [0.29, 0.717) is 13.1 Å². The maximum absolute atomic E-state index is 12.0. The Balaban J connectivity index is 1.94. The highest BCUT2D eigenvalue weighted by Crippen LogP contribution is 2.16. The van der Waals surface area contributed by atoms with Gasteiger partial charge in [-0.2, -0.15) is 0 Å². The number of aromatic carboxylic acids is 1. The lowest BCUT2D eigenvalue weighted by molar-refractivity contribution is -0.134. The average molecular weight is 268 g/mol. The number of likely N-dealkylation sites (tertiary alicyclic amines) is 1. The number of carbonyl (C=O) groups is 2. The second kappa shape index (κ2) is 5.79. The van der Waals surface area contributed by atoms with E-state index in [1.54, 1.807) is 4.90 Å². The summed E-state index contributed by atoms with van der Waals surface area (Å²) in [6, 6.07) is 0. The Hall–Kier alpha value is -1.96. The first kappa shape index (κ1) is 13.5. The number of amides is 1. The van der Waals surface area contributed by atoms with Crippen molar-refractivity contribution in [2.24, 2.45) is 5.92 Å². The molecule has 1 aromatic heterocycles. The van der Waals surface area contributed by atoms with Crippen molar-refractivity contribution in [3.63, 3.8) is 0 Å². The van der Waals surface area contributed by atoms with Gasteiger partial charge < -0.3 is 15.1 Å². The number of carboxylic acids is 1. The third kappa shape index (κ3) is 3.28. The van der Waals surface area contributed by atoms with Gasteiger partial charge in [0.25, 0.3) is 0 Å². The minimum Gasteiger partial charge on any atom is -0.476 e. The van der Waals surface area contributed by atoms with Crippen molar-refractivity contribution < 1.29 is 19.8 Å². The van der Waals surface area contributed by atoms with Gasteiger partial charge in [0.05, 0.1) is 6.20 Å². The van der Waals surface area contributed by atoms with E-state index in [1.165, 1.54) is 10.9 Å². The minimum atomic E-state index is -1.17. The average Bonchev–Trinajstić information content (AvgIpc) is 2.87. The fraction of sp³-hybridized carbons (Fsp3) is 0.636. The first-order valence-corrected chi connectivity index (χ1v) is 6.12. The number of aromatic nitrogens is 3. The molecule has 104 valence electrons. The van der Waals surface area contributed by atoms with Crippen LogP contribution < -0.4 is 0 Å². The van der Waals surface area contributed by atoms with E-state index in [1.807, 2.05) is 0 Å². The van der Waals surface area contributed by atoms with Gasteiger partial charge in [-0.15, -0.1) is 5.10 Å². The van der Waals surface area contributed by atoms with E-state index in [4.69, 9.17) is 10.2 Å². The van der Waals surface area contributed by atoms with Crippen LogP contribution in [-0.2, 0) is 11.3 Å². The van der Waals surface area contributed by atoms with Crippen LogP contribution in [0, 0.1) is 5.92 Å². The minimum absolute atomic E-state index is 0.0293. The number of aliphatic hydroxyl groups excluding tert-OH is 1. The molecule has 19 heavy (non-hydrogen) atoms. The molecule has 1 fully saturated rings. The van der Waals surface area contributed by atoms with Gasteiger partial charge in [-0.25, -0.2) is 9.48 Å². The molecular weight excluding hydrogens is 252 g/mol. The van der Waals surface area contributed by atoms with E-state index in [0.717, 1.165) is 12.8 Å². The SMILES string of the molecule is O=C(O)c1cn(CC(=O)N2CCCC(CO)C2)nn1. The summed E-state index contributed by atoms with van der Waals surface area (Å²) in [5, 5.41) is 24.9. The molecule has 0 aliphatic carbocycles. The molecule has 2 N–H and O–H groups in total. The van der Waals surface area contributed by atoms with Crippen LogP contribution in [0.4, 0.5) is 0 Å². The molecule has 1 amide bonds. The first-order valence-electron chi connectivity index (χ1n) is 6.12. The van der Waals surface area contributed by atoms with Gasteiger partial charge in [0, 0.05) is 19.7 Å². The zero-order chi connectivity index (χ0) is 13.8. The lowest BCUT2D eigenvalue weighted by Crippen LogP contribution is -2.42. The van der Waals surface area contributed by atoms with Crippen LogP contribution in [0.25, 0.3) is 0 Å². The number of carboxylic acid groups (broad SMARTS) is 1. The van der Waals surface area contributed by atoms with Crippen molar-refractivity contribution >= 4 is 11.9 Å². The Morgan fingerprint density at radius 1 is 1.47 bits per heavy atom. The van der Waals surface area contributed by atoms with Crippen LogP contribution in [0.1, 0.15) is 23.3 Å². The molecular formula is C11H16N4O4. The molecule has 0 saturated carbocycles. The largest absolute Gasteiger partial charge is 0.476 e. The van der Waals surface area contributed by atoms with Crippen molar-refractivity contribution in [3.05, 3.63) is 11.9 Å². The summed E-state index contributed by atoms with van der Waals surface area (Å²) < 4.78 is 1.22. The number of rotatable bonds is 4. The monoisotopic (exact) mass is 268 g/mol. The van der Waals surface area contributed by atoms with Crippen LogP contribution in [0.5, 0.6) is 0 Å². The molecule has 0 aromatic carbocycles. The van der Waals surface area contributed by atoms with Crippen molar-refractivity contribution in [2.75, 3.05) is 19.7 Å². The molecule has 2 heterocycles. The molecule has 8 heteroatoms. The zero-order valence-electron chi connectivity index (χ0n) is 10.4. The summed E-state index contributed by atoms with van der Waals surface area (Å²) >= 11 is 0. The first-order chi connectivity index (χ1) is 9.10. The van der Waals surface area contributed by atoms with Crippen molar-refractivity contribution in [1.29, 1.82) is 0 Å². The molecule has 0 bridgehead atoms. The number of nitrogens with zero attached hydrogens (tertiary/aromatic N) is 4. The molecule has 2 rings (SSSR count). The molecule has 1 atom stereocenters. The summed E-state index contributed by atoms with van der Waals surface area (Å²) in [4.78, 5) is 24.3. The predicted octanol–water partition coefficient (Wildman–Crippen LogP) is -0.793. The second-order valence-corrected chi connectivity index (χ2v) is 4.64. The van der Waals surface area contributed by atoms with Gasteiger partial charge >= 0.3 is 5.97 Å². The zero-order valence-corrected chi connectivity index (χ0v) is 10.4. The lowest BCUT2D eigenvalue weighted by Gasteiger charge is -2.31. The third-order valence-electron chi connectivity index (χ3n) is 3.18. The van der Waals surface area contributed by atoms with Crippen LogP contribution in [0.2, 0.25) is 0 Å². The van der Waals surface area contributed by atoms with Crippen LogP contribution in [0.3, 0.4) is 0 Å². The molecule has 0 radical (unpaired) electrons. The third-order valence-corrected chi connectivity index (χ3v) is 3.18. The molecule has 1 unspecified atom stereocenters. The summed E-state index contributed by atoms with van der Waals surface area (Å²) in [7, 11) is 0. The quantitative estimate of drug-likeness (QED) is 0.740. The maximum Gasteiger partial charge on any atom is 0.358 e. The van der Waals surface area contributed by atoms with Crippen LogP contribution in [0.15, 0.2) is 6.20 Å². The molecule has 1 aliphatic heterocycles. The molecule has 8 nitrogen and oxygen atoms in total. The van der Waals surface area contributed by atoms with Gasteiger partial charge in [0.15, 0.2) is 5.69 Å². The van der Waals surface area contributed by atoms with Gasteiger partial charge in [-0.3, -0.25) is 4.79 Å². The Morgan fingerprint density at radius 3 is 2.89 bits per heavy atom. The van der Waals surface area contributed by atoms with E-state index < -0.39 is 5.97 Å². The Labute approximate surface area is 109 Å². The normalized spacial score (nSPS) is 19.4. The van der Waals surface area contributed by atoms with Gasteiger partial charge in [0.2, 0.25) is 5.91 Å². The van der Waals surface area contributed by atoms with Crippen LogP contribution in [-0.4, -0.2) is 61.7 Å². The fourth-order valence-corrected chi connectivity index (χ4v) is 2.15. The van der Waals surface area contributed by atoms with Gasteiger partial charge in [-0.05, 0) is 18.8 Å². The van der Waals surface area contributed by atoms with Crippen molar-refractivity contribution in [3.8, 4) is 0 Å². The summed E-state index contributed by atoms with van der Waals surface area (Å²) in [6.07, 6.45) is 3.02. The number of aliphatic hydroxyl groups is 1. The number of carbonyl (C=O) groups excluding carboxylic acids is 1. The highest BCUT2D eigenvalue weighted by Gasteiger charge is 2.23. The Bertz CT molecular complexity index is 473. The molecule has 1 aromatic rings. The highest BCUT2D eigenvalue weighted by atomic mass is 16.4. The molecule has 1 saturated heterocycles. The highest BCUT2D eigenvalue weighted by molar-refractivity contribution is 5.84. The van der Waals surface area contributed by atoms with Gasteiger partial charge in [-0.1, -0.05) is 5.21 Å². The van der Waals surface area contributed by atoms with E-state index in [2.05, 4.69) is 10.3 Å². The second-order valence-electron chi connectivity index (χ2n) is 4.64. The predicted molar refractivity (Wildman–Crippen MR) is 63.4 cm³/mol. The number of piperidine rings is 1.